The molecule has 2 aromatic carbocycles. The SMILES string of the molecule is Cc1c(C=Nc2ccc(N3CCCCC3)cc2C(F)(F)F)c(=O)n2c([nH]c3ccccc32)c1C#N. The van der Waals surface area contributed by atoms with Crippen molar-refractivity contribution >= 4 is 34.3 Å². The number of hydrogen-bond acceptors (Lipinski definition) is 4. The molecule has 5 rings (SSSR count). The van der Waals surface area contributed by atoms with Gasteiger partial charge >= 0.3 is 6.18 Å². The van der Waals surface area contributed by atoms with E-state index in [4.69, 9.17) is 0 Å². The summed E-state index contributed by atoms with van der Waals surface area (Å²) in [6.07, 6.45) is -0.506. The number of aromatic amines is 1. The van der Waals surface area contributed by atoms with E-state index in [1.165, 1.54) is 10.5 Å². The first-order valence-electron chi connectivity index (χ1n) is 11.4. The standard InChI is InChI=1S/C26H22F3N5O/c1-16-18(14-30)24-32-22-7-3-4-8-23(22)34(24)25(35)19(16)15-31-21-10-9-17(13-20(21)26(27,28)29)33-11-5-2-6-12-33/h3-4,7-10,13,15,32H,2,5-6,11-12H2,1H3. The zero-order chi connectivity index (χ0) is 24.7. The predicted octanol–water partition coefficient (Wildman–Crippen LogP) is 5.72. The monoisotopic (exact) mass is 477 g/mol. The average Bonchev–Trinajstić information content (AvgIpc) is 3.23. The molecule has 0 radical (unpaired) electrons. The Morgan fingerprint density at radius 3 is 2.57 bits per heavy atom. The number of nitriles is 1. The summed E-state index contributed by atoms with van der Waals surface area (Å²) in [6, 6.07) is 13.3. The van der Waals surface area contributed by atoms with E-state index in [1.807, 2.05) is 4.90 Å². The van der Waals surface area contributed by atoms with E-state index >= 15 is 0 Å². The summed E-state index contributed by atoms with van der Waals surface area (Å²) in [7, 11) is 0. The van der Waals surface area contributed by atoms with Gasteiger partial charge in [0.15, 0.2) is 0 Å². The van der Waals surface area contributed by atoms with E-state index < -0.39 is 17.3 Å². The Morgan fingerprint density at radius 2 is 1.86 bits per heavy atom. The molecule has 0 saturated carbocycles. The molecule has 0 unspecified atom stereocenters. The maximum absolute atomic E-state index is 13.9. The molecule has 2 aromatic heterocycles. The first kappa shape index (κ1) is 22.7. The van der Waals surface area contributed by atoms with Gasteiger partial charge in [0.2, 0.25) is 0 Å². The fraction of sp³-hybridized carbons (Fsp3) is 0.269. The second kappa shape index (κ2) is 8.62. The van der Waals surface area contributed by atoms with Crippen molar-refractivity contribution in [3.05, 3.63) is 75.1 Å². The van der Waals surface area contributed by atoms with Gasteiger partial charge in [-0.15, -0.1) is 0 Å². The van der Waals surface area contributed by atoms with E-state index in [-0.39, 0.29) is 16.8 Å². The van der Waals surface area contributed by atoms with E-state index in [2.05, 4.69) is 16.0 Å². The molecule has 178 valence electrons. The van der Waals surface area contributed by atoms with Gasteiger partial charge < -0.3 is 9.88 Å². The minimum atomic E-state index is -4.61. The van der Waals surface area contributed by atoms with Gasteiger partial charge in [-0.2, -0.15) is 18.4 Å². The van der Waals surface area contributed by atoms with Crippen molar-refractivity contribution < 1.29 is 13.2 Å². The Hall–Kier alpha value is -4.06. The zero-order valence-corrected chi connectivity index (χ0v) is 19.0. The van der Waals surface area contributed by atoms with Crippen LogP contribution in [-0.2, 0) is 6.18 Å². The number of hydrogen-bond donors (Lipinski definition) is 1. The molecule has 1 aliphatic heterocycles. The fourth-order valence-electron chi connectivity index (χ4n) is 4.69. The normalized spacial score (nSPS) is 14.8. The Bertz CT molecular complexity index is 1570. The van der Waals surface area contributed by atoms with Crippen molar-refractivity contribution in [2.45, 2.75) is 32.4 Å². The van der Waals surface area contributed by atoms with E-state index in [1.54, 1.807) is 37.3 Å². The van der Waals surface area contributed by atoms with Crippen LogP contribution in [0.25, 0.3) is 16.7 Å². The quantitative estimate of drug-likeness (QED) is 0.384. The number of para-hydroxylation sites is 2. The number of pyridine rings is 1. The van der Waals surface area contributed by atoms with Gasteiger partial charge in [-0.1, -0.05) is 12.1 Å². The number of piperidine rings is 1. The summed E-state index contributed by atoms with van der Waals surface area (Å²) in [5, 5.41) is 9.76. The van der Waals surface area contributed by atoms with Gasteiger partial charge in [0.25, 0.3) is 5.56 Å². The summed E-state index contributed by atoms with van der Waals surface area (Å²) >= 11 is 0. The van der Waals surface area contributed by atoms with Crippen molar-refractivity contribution in [1.29, 1.82) is 5.26 Å². The number of benzene rings is 2. The lowest BCUT2D eigenvalue weighted by Crippen LogP contribution is -2.29. The van der Waals surface area contributed by atoms with Crippen LogP contribution in [-0.4, -0.2) is 28.7 Å². The number of nitrogens with zero attached hydrogens (tertiary/aromatic N) is 4. The largest absolute Gasteiger partial charge is 0.418 e. The molecule has 1 fully saturated rings. The summed E-state index contributed by atoms with van der Waals surface area (Å²) < 4.78 is 43.2. The lowest BCUT2D eigenvalue weighted by atomic mass is 10.1. The van der Waals surface area contributed by atoms with E-state index in [9.17, 15) is 23.2 Å². The van der Waals surface area contributed by atoms with Crippen LogP contribution in [0, 0.1) is 18.3 Å². The first-order valence-corrected chi connectivity index (χ1v) is 11.4. The van der Waals surface area contributed by atoms with E-state index in [0.717, 1.165) is 44.6 Å². The second-order valence-corrected chi connectivity index (χ2v) is 8.66. The number of rotatable bonds is 3. The van der Waals surface area contributed by atoms with Crippen LogP contribution in [0.5, 0.6) is 0 Å². The summed E-state index contributed by atoms with van der Waals surface area (Å²) in [4.78, 5) is 22.5. The van der Waals surface area contributed by atoms with Crippen molar-refractivity contribution in [3.8, 4) is 6.07 Å². The molecule has 1 N–H and O–H groups in total. The fourth-order valence-corrected chi connectivity index (χ4v) is 4.69. The van der Waals surface area contributed by atoms with Crippen LogP contribution < -0.4 is 10.5 Å². The number of nitrogens with one attached hydrogen (secondary N) is 1. The third-order valence-corrected chi connectivity index (χ3v) is 6.52. The highest BCUT2D eigenvalue weighted by atomic mass is 19.4. The third-order valence-electron chi connectivity index (χ3n) is 6.52. The van der Waals surface area contributed by atoms with Gasteiger partial charge in [-0.25, -0.2) is 0 Å². The van der Waals surface area contributed by atoms with Gasteiger partial charge in [0, 0.05) is 25.0 Å². The van der Waals surface area contributed by atoms with Crippen molar-refractivity contribution in [2.24, 2.45) is 4.99 Å². The Balaban J connectivity index is 1.65. The van der Waals surface area contributed by atoms with Gasteiger partial charge in [-0.05, 0) is 62.1 Å². The molecule has 0 amide bonds. The third kappa shape index (κ3) is 3.95. The van der Waals surface area contributed by atoms with Gasteiger partial charge in [0.05, 0.1) is 33.4 Å². The lowest BCUT2D eigenvalue weighted by molar-refractivity contribution is -0.137. The van der Waals surface area contributed by atoms with Crippen LogP contribution in [0.15, 0.2) is 52.3 Å². The molecular weight excluding hydrogens is 455 g/mol. The number of alkyl halides is 3. The molecule has 4 aromatic rings. The number of aromatic nitrogens is 2. The van der Waals surface area contributed by atoms with Gasteiger partial charge in [0.1, 0.15) is 11.7 Å². The van der Waals surface area contributed by atoms with Gasteiger partial charge in [-0.3, -0.25) is 14.2 Å². The highest BCUT2D eigenvalue weighted by molar-refractivity contribution is 5.89. The molecule has 1 aliphatic rings. The number of fused-ring (bicyclic) bond motifs is 3. The Kier molecular flexibility index (Phi) is 5.59. The number of aliphatic imine (C=N–C) groups is 1. The number of halogens is 3. The maximum Gasteiger partial charge on any atom is 0.418 e. The van der Waals surface area contributed by atoms with Crippen molar-refractivity contribution in [1.82, 2.24) is 9.38 Å². The minimum Gasteiger partial charge on any atom is -0.372 e. The molecular formula is C26H22F3N5O. The molecule has 0 spiro atoms. The Morgan fingerprint density at radius 1 is 1.11 bits per heavy atom. The minimum absolute atomic E-state index is 0.0667. The lowest BCUT2D eigenvalue weighted by Gasteiger charge is -2.29. The van der Waals surface area contributed by atoms with Crippen molar-refractivity contribution in [2.75, 3.05) is 18.0 Å². The summed E-state index contributed by atoms with van der Waals surface area (Å²) in [5.74, 6) is 0. The number of anilines is 1. The Labute approximate surface area is 198 Å². The van der Waals surface area contributed by atoms with Crippen LogP contribution in [0.4, 0.5) is 24.5 Å². The molecule has 35 heavy (non-hydrogen) atoms. The number of imidazole rings is 1. The molecule has 0 atom stereocenters. The molecule has 3 heterocycles. The maximum atomic E-state index is 13.9. The van der Waals surface area contributed by atoms with Crippen LogP contribution in [0.2, 0.25) is 0 Å². The molecule has 6 nitrogen and oxygen atoms in total. The molecule has 1 saturated heterocycles. The van der Waals surface area contributed by atoms with Crippen LogP contribution >= 0.6 is 0 Å². The highest BCUT2D eigenvalue weighted by Crippen LogP contribution is 2.39. The summed E-state index contributed by atoms with van der Waals surface area (Å²) in [5.41, 5.74) is 1.15. The predicted molar refractivity (Wildman–Crippen MR) is 130 cm³/mol. The summed E-state index contributed by atoms with van der Waals surface area (Å²) in [6.45, 7) is 3.03. The smallest absolute Gasteiger partial charge is 0.372 e. The second-order valence-electron chi connectivity index (χ2n) is 8.66. The van der Waals surface area contributed by atoms with Crippen molar-refractivity contribution in [3.63, 3.8) is 0 Å². The zero-order valence-electron chi connectivity index (χ0n) is 19.0. The van der Waals surface area contributed by atoms with Crippen LogP contribution in [0.1, 0.15) is 41.5 Å². The average molecular weight is 477 g/mol. The highest BCUT2D eigenvalue weighted by Gasteiger charge is 2.34. The first-order chi connectivity index (χ1) is 16.8. The molecule has 0 bridgehead atoms. The molecule has 9 heteroatoms. The topological polar surface area (TPSA) is 76.7 Å². The van der Waals surface area contributed by atoms with Crippen LogP contribution in [0.3, 0.4) is 0 Å². The van der Waals surface area contributed by atoms with E-state index in [0.29, 0.717) is 27.9 Å². The molecule has 0 aliphatic carbocycles. The number of H-pyrrole nitrogens is 1.